The Morgan fingerprint density at radius 2 is 0.980 bits per heavy atom. The number of aromatic nitrogens is 1. The molecule has 2 heteroatoms. The molecule has 0 amide bonds. The van der Waals surface area contributed by atoms with Crippen molar-refractivity contribution in [2.45, 2.75) is 5.41 Å². The highest BCUT2D eigenvalue weighted by atomic mass is 15.1. The third-order valence-electron chi connectivity index (χ3n) is 10.3. The van der Waals surface area contributed by atoms with Crippen molar-refractivity contribution in [1.29, 1.82) is 0 Å². The van der Waals surface area contributed by atoms with Crippen molar-refractivity contribution in [3.63, 3.8) is 0 Å². The summed E-state index contributed by atoms with van der Waals surface area (Å²) in [6.07, 6.45) is 0. The average molecular weight is 661 g/mol. The van der Waals surface area contributed by atoms with E-state index in [1.54, 1.807) is 12.1 Å². The molecule has 0 radical (unpaired) electrons. The second kappa shape index (κ2) is 10.7. The number of rotatable bonds is 4. The van der Waals surface area contributed by atoms with Crippen molar-refractivity contribution in [3.05, 3.63) is 216 Å². The molecule has 11 rings (SSSR count). The lowest BCUT2D eigenvalue weighted by atomic mass is 9.70. The van der Waals surface area contributed by atoms with E-state index in [2.05, 4.69) is 23.1 Å². The highest BCUT2D eigenvalue weighted by Crippen LogP contribution is 2.63. The normalized spacial score (nSPS) is 16.5. The van der Waals surface area contributed by atoms with Crippen LogP contribution in [0.2, 0.25) is 0 Å². The molecule has 8 aromatic carbocycles. The molecule has 2 aliphatic rings. The average Bonchev–Trinajstić information content (AvgIpc) is 3.92. The summed E-state index contributed by atoms with van der Waals surface area (Å²) in [5.41, 5.74) is 2.90. The number of hydrogen-bond donors (Lipinski definition) is 0. The third kappa shape index (κ3) is 3.76. The number of para-hydroxylation sites is 3. The van der Waals surface area contributed by atoms with Crippen molar-refractivity contribution in [2.24, 2.45) is 0 Å². The van der Waals surface area contributed by atoms with Crippen LogP contribution < -0.4 is 4.90 Å². The van der Waals surface area contributed by atoms with Crippen molar-refractivity contribution < 1.29 is 16.4 Å². The lowest BCUT2D eigenvalue weighted by Crippen LogP contribution is -2.25. The standard InChI is InChI=1S/C49H32N2/c1-3-16-33(17-4-1)50(34-18-5-2-6-19-34)35-30-31-39-38-22-10-14-28-45(38)51(47(39)32-35)46-29-15-27-44-48(46)40-23-9-13-26-43(40)49(44)41-24-11-7-20-36(41)37-21-8-12-25-42(37)49/h1-32H/i7D,8D,9D,11D,12D,13D,20D,21D,23D,24D,25D,26D. The first-order valence-electron chi connectivity index (χ1n) is 22.7. The fraction of sp³-hybridized carbons (Fsp3) is 0.0204. The van der Waals surface area contributed by atoms with E-state index in [0.29, 0.717) is 16.8 Å². The van der Waals surface area contributed by atoms with Crippen molar-refractivity contribution >= 4 is 38.9 Å². The van der Waals surface area contributed by atoms with Gasteiger partial charge in [0.05, 0.1) is 38.6 Å². The maximum absolute atomic E-state index is 9.66. The quantitative estimate of drug-likeness (QED) is 0.182. The third-order valence-corrected chi connectivity index (χ3v) is 10.3. The van der Waals surface area contributed by atoms with Gasteiger partial charge in [-0.05, 0) is 87.5 Å². The minimum atomic E-state index is -2.03. The molecule has 9 aromatic rings. The van der Waals surface area contributed by atoms with E-state index in [1.165, 1.54) is 0 Å². The molecule has 0 atom stereocenters. The van der Waals surface area contributed by atoms with Gasteiger partial charge in [0.2, 0.25) is 0 Å². The first-order valence-corrected chi connectivity index (χ1v) is 16.7. The maximum atomic E-state index is 9.66. The van der Waals surface area contributed by atoms with Crippen molar-refractivity contribution in [2.75, 3.05) is 4.90 Å². The van der Waals surface area contributed by atoms with Gasteiger partial charge in [0.15, 0.2) is 0 Å². The van der Waals surface area contributed by atoms with Crippen LogP contribution in [0.1, 0.15) is 38.7 Å². The molecule has 0 aliphatic heterocycles. The van der Waals surface area contributed by atoms with Gasteiger partial charge in [0.25, 0.3) is 0 Å². The molecule has 0 N–H and O–H groups in total. The van der Waals surface area contributed by atoms with E-state index in [9.17, 15) is 8.22 Å². The van der Waals surface area contributed by atoms with Gasteiger partial charge in [-0.15, -0.1) is 0 Å². The smallest absolute Gasteiger partial charge is 0.0726 e. The Morgan fingerprint density at radius 1 is 0.431 bits per heavy atom. The van der Waals surface area contributed by atoms with Gasteiger partial charge in [-0.3, -0.25) is 0 Å². The summed E-state index contributed by atoms with van der Waals surface area (Å²) < 4.78 is 112. The van der Waals surface area contributed by atoms with Gasteiger partial charge >= 0.3 is 0 Å². The topological polar surface area (TPSA) is 8.17 Å². The van der Waals surface area contributed by atoms with E-state index in [1.807, 2.05) is 95.6 Å². The fourth-order valence-corrected chi connectivity index (χ4v) is 8.38. The first-order chi connectivity index (χ1) is 30.3. The zero-order valence-electron chi connectivity index (χ0n) is 38.9. The lowest BCUT2D eigenvalue weighted by molar-refractivity contribution is 0.793. The molecule has 51 heavy (non-hydrogen) atoms. The Hall–Kier alpha value is -6.64. The first kappa shape index (κ1) is 18.9. The summed E-state index contributed by atoms with van der Waals surface area (Å²) in [5.74, 6) is 0. The Labute approximate surface area is 314 Å². The van der Waals surface area contributed by atoms with Crippen LogP contribution in [0.4, 0.5) is 17.1 Å². The summed E-state index contributed by atoms with van der Waals surface area (Å²) in [4.78, 5) is 2.14. The summed E-state index contributed by atoms with van der Waals surface area (Å²) in [7, 11) is 0. The number of hydrogen-bond acceptors (Lipinski definition) is 1. The summed E-state index contributed by atoms with van der Waals surface area (Å²) in [6, 6.07) is 32.8. The zero-order chi connectivity index (χ0) is 44.0. The largest absolute Gasteiger partial charge is 0.310 e. The van der Waals surface area contributed by atoms with Gasteiger partial charge in [-0.2, -0.15) is 0 Å². The molecule has 0 unspecified atom stereocenters. The van der Waals surface area contributed by atoms with Crippen LogP contribution in [0.25, 0.3) is 49.7 Å². The van der Waals surface area contributed by atoms with Crippen LogP contribution in [-0.2, 0) is 5.41 Å². The SMILES string of the molecule is [2H]c1c([2H])c([2H])c2c(c1[2H])-c1c(-n3c4ccccc4c4ccc(N(c5ccccc5)c5ccccc5)cc43)cccc1C21c2c([2H])c([2H])c([2H])c([2H])c2-c2c([2H])c([2H])c([2H])c([2H])c21. The summed E-state index contributed by atoms with van der Waals surface area (Å²) in [6.45, 7) is 0. The van der Waals surface area contributed by atoms with Gasteiger partial charge in [0.1, 0.15) is 0 Å². The lowest BCUT2D eigenvalue weighted by Gasteiger charge is -2.30. The molecule has 1 heterocycles. The Morgan fingerprint density at radius 3 is 1.65 bits per heavy atom. The van der Waals surface area contributed by atoms with Crippen molar-refractivity contribution in [3.8, 4) is 27.9 Å². The van der Waals surface area contributed by atoms with Crippen LogP contribution in [0.5, 0.6) is 0 Å². The maximum Gasteiger partial charge on any atom is 0.0726 e. The molecule has 238 valence electrons. The molecular weight excluding hydrogens is 617 g/mol. The minimum absolute atomic E-state index is 0.0493. The molecule has 0 saturated carbocycles. The number of fused-ring (bicyclic) bond motifs is 13. The summed E-state index contributed by atoms with van der Waals surface area (Å²) >= 11 is 0. The van der Waals surface area contributed by atoms with Gasteiger partial charge in [-0.1, -0.05) is 145 Å². The Bertz CT molecular complexity index is 3380. The van der Waals surface area contributed by atoms with Gasteiger partial charge in [-0.25, -0.2) is 0 Å². The van der Waals surface area contributed by atoms with Crippen molar-refractivity contribution in [1.82, 2.24) is 4.57 Å². The number of nitrogens with zero attached hydrogens (tertiary/aromatic N) is 2. The monoisotopic (exact) mass is 660 g/mol. The van der Waals surface area contributed by atoms with Crippen LogP contribution >= 0.6 is 0 Å². The van der Waals surface area contributed by atoms with E-state index in [0.717, 1.165) is 38.9 Å². The van der Waals surface area contributed by atoms with Gasteiger partial charge < -0.3 is 9.47 Å². The van der Waals surface area contributed by atoms with E-state index < -0.39 is 77.9 Å². The Kier molecular flexibility index (Phi) is 3.97. The second-order valence-electron chi connectivity index (χ2n) is 12.8. The van der Waals surface area contributed by atoms with Gasteiger partial charge in [0, 0.05) is 33.4 Å². The second-order valence-corrected chi connectivity index (χ2v) is 12.8. The molecular formula is C49H32N2. The van der Waals surface area contributed by atoms with E-state index >= 15 is 0 Å². The highest BCUT2D eigenvalue weighted by Gasteiger charge is 2.52. The fourth-order valence-electron chi connectivity index (χ4n) is 8.38. The van der Waals surface area contributed by atoms with Crippen LogP contribution in [0, 0.1) is 0 Å². The molecule has 1 spiro atoms. The molecule has 2 aliphatic carbocycles. The van der Waals surface area contributed by atoms with Crippen LogP contribution in [0.15, 0.2) is 194 Å². The number of anilines is 3. The predicted octanol–water partition coefficient (Wildman–Crippen LogP) is 12.6. The highest BCUT2D eigenvalue weighted by molar-refractivity contribution is 6.11. The zero-order valence-corrected chi connectivity index (χ0v) is 26.9. The predicted molar refractivity (Wildman–Crippen MR) is 212 cm³/mol. The molecule has 2 nitrogen and oxygen atoms in total. The summed E-state index contributed by atoms with van der Waals surface area (Å²) in [5, 5.41) is 1.81. The number of benzene rings is 8. The Balaban J connectivity index is 1.33. The molecule has 0 saturated heterocycles. The minimum Gasteiger partial charge on any atom is -0.310 e. The van der Waals surface area contributed by atoms with Crippen LogP contribution in [-0.4, -0.2) is 4.57 Å². The van der Waals surface area contributed by atoms with Crippen LogP contribution in [0.3, 0.4) is 0 Å². The molecule has 0 fully saturated rings. The molecule has 0 bridgehead atoms. The van der Waals surface area contributed by atoms with E-state index in [4.69, 9.17) is 8.22 Å². The van der Waals surface area contributed by atoms with E-state index in [-0.39, 0.29) is 33.4 Å². The molecule has 1 aromatic heterocycles.